The molecule has 1 aliphatic heterocycles. The standard InChI is InChI=1S/C20H23N5O/c1-14-5-7-15(8-6-14)16-12-24(13-18(16)23(2)3)20(26)17-11-19-21-9-4-10-25(19)22-17/h4-11,16,18H,12-13H2,1-3H3/t16-,18+/m1/s1. The number of benzene rings is 1. The van der Waals surface area contributed by atoms with Crippen LogP contribution in [0.5, 0.6) is 0 Å². The van der Waals surface area contributed by atoms with Crippen LogP contribution in [0.3, 0.4) is 0 Å². The summed E-state index contributed by atoms with van der Waals surface area (Å²) >= 11 is 0. The van der Waals surface area contributed by atoms with Crippen molar-refractivity contribution in [3.8, 4) is 0 Å². The molecule has 0 bridgehead atoms. The third-order valence-electron chi connectivity index (χ3n) is 5.20. The highest BCUT2D eigenvalue weighted by Crippen LogP contribution is 2.31. The first-order valence-corrected chi connectivity index (χ1v) is 8.85. The number of hydrogen-bond donors (Lipinski definition) is 0. The van der Waals surface area contributed by atoms with E-state index in [1.165, 1.54) is 11.1 Å². The molecule has 2 atom stereocenters. The quantitative estimate of drug-likeness (QED) is 0.727. The summed E-state index contributed by atoms with van der Waals surface area (Å²) in [6.07, 6.45) is 3.51. The van der Waals surface area contributed by atoms with Crippen LogP contribution in [0.15, 0.2) is 48.8 Å². The Balaban J connectivity index is 1.60. The lowest BCUT2D eigenvalue weighted by atomic mass is 9.93. The van der Waals surface area contributed by atoms with Gasteiger partial charge in [-0.05, 0) is 32.6 Å². The molecule has 0 spiro atoms. The second kappa shape index (κ2) is 6.53. The van der Waals surface area contributed by atoms with Gasteiger partial charge in [0.1, 0.15) is 0 Å². The maximum Gasteiger partial charge on any atom is 0.274 e. The van der Waals surface area contributed by atoms with Crippen LogP contribution in [-0.2, 0) is 0 Å². The Morgan fingerprint density at radius 2 is 1.96 bits per heavy atom. The van der Waals surface area contributed by atoms with Crippen molar-refractivity contribution in [1.29, 1.82) is 0 Å². The van der Waals surface area contributed by atoms with E-state index in [0.717, 1.165) is 0 Å². The predicted octanol–water partition coefficient (Wildman–Crippen LogP) is 2.21. The molecule has 1 amide bonds. The number of fused-ring (bicyclic) bond motifs is 1. The molecule has 3 aromatic rings. The van der Waals surface area contributed by atoms with Crippen LogP contribution in [0, 0.1) is 6.92 Å². The molecular weight excluding hydrogens is 326 g/mol. The van der Waals surface area contributed by atoms with Crippen LogP contribution < -0.4 is 0 Å². The summed E-state index contributed by atoms with van der Waals surface area (Å²) in [7, 11) is 4.16. The van der Waals surface area contributed by atoms with Gasteiger partial charge in [-0.25, -0.2) is 9.50 Å². The summed E-state index contributed by atoms with van der Waals surface area (Å²) < 4.78 is 1.64. The smallest absolute Gasteiger partial charge is 0.274 e. The molecule has 134 valence electrons. The number of nitrogens with zero attached hydrogens (tertiary/aromatic N) is 5. The fourth-order valence-electron chi connectivity index (χ4n) is 3.71. The Labute approximate surface area is 153 Å². The molecule has 1 aromatic carbocycles. The highest BCUT2D eigenvalue weighted by Gasteiger charge is 2.38. The Kier molecular flexibility index (Phi) is 4.20. The van der Waals surface area contributed by atoms with Gasteiger partial charge in [0.15, 0.2) is 11.3 Å². The summed E-state index contributed by atoms with van der Waals surface area (Å²) in [6.45, 7) is 3.49. The number of likely N-dealkylation sites (tertiary alicyclic amines) is 1. The zero-order valence-corrected chi connectivity index (χ0v) is 15.3. The van der Waals surface area contributed by atoms with E-state index >= 15 is 0 Å². The van der Waals surface area contributed by atoms with Gasteiger partial charge in [-0.2, -0.15) is 5.10 Å². The van der Waals surface area contributed by atoms with Crippen molar-refractivity contribution in [2.75, 3.05) is 27.2 Å². The van der Waals surface area contributed by atoms with Crippen molar-refractivity contribution in [1.82, 2.24) is 24.4 Å². The van der Waals surface area contributed by atoms with E-state index in [4.69, 9.17) is 0 Å². The summed E-state index contributed by atoms with van der Waals surface area (Å²) in [6, 6.07) is 12.5. The number of hydrogen-bond acceptors (Lipinski definition) is 4. The van der Waals surface area contributed by atoms with Gasteiger partial charge in [0.25, 0.3) is 5.91 Å². The first kappa shape index (κ1) is 16.7. The van der Waals surface area contributed by atoms with E-state index in [-0.39, 0.29) is 11.9 Å². The molecule has 4 rings (SSSR count). The van der Waals surface area contributed by atoms with Crippen molar-refractivity contribution < 1.29 is 4.79 Å². The highest BCUT2D eigenvalue weighted by molar-refractivity contribution is 5.93. The van der Waals surface area contributed by atoms with Gasteiger partial charge < -0.3 is 9.80 Å². The first-order chi connectivity index (χ1) is 12.5. The minimum absolute atomic E-state index is 0.0306. The van der Waals surface area contributed by atoms with Gasteiger partial charge in [0.05, 0.1) is 0 Å². The molecule has 0 aliphatic carbocycles. The Bertz CT molecular complexity index is 898. The highest BCUT2D eigenvalue weighted by atomic mass is 16.2. The van der Waals surface area contributed by atoms with Crippen LogP contribution in [0.1, 0.15) is 27.5 Å². The number of amides is 1. The van der Waals surface area contributed by atoms with E-state index < -0.39 is 0 Å². The Morgan fingerprint density at radius 3 is 2.65 bits per heavy atom. The second-order valence-corrected chi connectivity index (χ2v) is 7.21. The van der Waals surface area contributed by atoms with Crippen molar-refractivity contribution in [2.24, 2.45) is 0 Å². The number of rotatable bonds is 3. The van der Waals surface area contributed by atoms with E-state index in [1.54, 1.807) is 29.0 Å². The number of carbonyl (C=O) groups excluding carboxylic acids is 1. The van der Waals surface area contributed by atoms with Crippen LogP contribution in [0.4, 0.5) is 0 Å². The zero-order chi connectivity index (χ0) is 18.3. The second-order valence-electron chi connectivity index (χ2n) is 7.21. The normalized spacial score (nSPS) is 20.2. The minimum atomic E-state index is -0.0306. The summed E-state index contributed by atoms with van der Waals surface area (Å²) in [5, 5.41) is 4.39. The molecule has 0 radical (unpaired) electrons. The SMILES string of the molecule is Cc1ccc([C@H]2CN(C(=O)c3cc4ncccn4n3)C[C@@H]2N(C)C)cc1. The lowest BCUT2D eigenvalue weighted by Gasteiger charge is -2.25. The molecule has 0 saturated carbocycles. The van der Waals surface area contributed by atoms with Crippen LogP contribution >= 0.6 is 0 Å². The maximum absolute atomic E-state index is 13.0. The molecule has 26 heavy (non-hydrogen) atoms. The molecule has 0 unspecified atom stereocenters. The van der Waals surface area contributed by atoms with Crippen molar-refractivity contribution in [3.63, 3.8) is 0 Å². The fourth-order valence-corrected chi connectivity index (χ4v) is 3.71. The largest absolute Gasteiger partial charge is 0.335 e. The third-order valence-corrected chi connectivity index (χ3v) is 5.20. The molecule has 1 saturated heterocycles. The van der Waals surface area contributed by atoms with E-state index in [0.29, 0.717) is 30.3 Å². The zero-order valence-electron chi connectivity index (χ0n) is 15.3. The molecule has 2 aromatic heterocycles. The van der Waals surface area contributed by atoms with E-state index in [9.17, 15) is 4.79 Å². The molecular formula is C20H23N5O. The average Bonchev–Trinajstić information content (AvgIpc) is 3.26. The van der Waals surface area contributed by atoms with Crippen molar-refractivity contribution >= 4 is 11.6 Å². The molecule has 6 heteroatoms. The number of likely N-dealkylation sites (N-methyl/N-ethyl adjacent to an activating group) is 1. The van der Waals surface area contributed by atoms with Gasteiger partial charge in [-0.3, -0.25) is 4.79 Å². The Hall–Kier alpha value is -2.73. The van der Waals surface area contributed by atoms with Crippen LogP contribution in [0.2, 0.25) is 0 Å². The van der Waals surface area contributed by atoms with Gasteiger partial charge in [0.2, 0.25) is 0 Å². The van der Waals surface area contributed by atoms with Gasteiger partial charge in [-0.1, -0.05) is 29.8 Å². The molecule has 1 aliphatic rings. The average molecular weight is 349 g/mol. The third kappa shape index (κ3) is 2.97. The molecule has 3 heterocycles. The van der Waals surface area contributed by atoms with Crippen molar-refractivity contribution in [2.45, 2.75) is 18.9 Å². The molecule has 1 fully saturated rings. The van der Waals surface area contributed by atoms with Crippen LogP contribution in [0.25, 0.3) is 5.65 Å². The predicted molar refractivity (Wildman–Crippen MR) is 100 cm³/mol. The molecule has 6 nitrogen and oxygen atoms in total. The number of aromatic nitrogens is 3. The minimum Gasteiger partial charge on any atom is -0.335 e. The van der Waals surface area contributed by atoms with Gasteiger partial charge >= 0.3 is 0 Å². The van der Waals surface area contributed by atoms with Crippen LogP contribution in [-0.4, -0.2) is 63.5 Å². The maximum atomic E-state index is 13.0. The summed E-state index contributed by atoms with van der Waals surface area (Å²) in [4.78, 5) is 21.4. The van der Waals surface area contributed by atoms with Gasteiger partial charge in [-0.15, -0.1) is 0 Å². The lowest BCUT2D eigenvalue weighted by Crippen LogP contribution is -2.36. The monoisotopic (exact) mass is 349 g/mol. The topological polar surface area (TPSA) is 53.7 Å². The fraction of sp³-hybridized carbons (Fsp3) is 0.350. The Morgan fingerprint density at radius 1 is 1.19 bits per heavy atom. The van der Waals surface area contributed by atoms with Gasteiger partial charge in [0, 0.05) is 43.5 Å². The first-order valence-electron chi connectivity index (χ1n) is 8.85. The summed E-state index contributed by atoms with van der Waals surface area (Å²) in [5.74, 6) is 0.265. The van der Waals surface area contributed by atoms with E-state index in [2.05, 4.69) is 60.3 Å². The summed E-state index contributed by atoms with van der Waals surface area (Å²) in [5.41, 5.74) is 3.67. The van der Waals surface area contributed by atoms with Crippen molar-refractivity contribution in [3.05, 3.63) is 65.6 Å². The number of aryl methyl sites for hydroxylation is 1. The number of carbonyl (C=O) groups is 1. The molecule has 0 N–H and O–H groups in total. The lowest BCUT2D eigenvalue weighted by molar-refractivity contribution is 0.0776. The van der Waals surface area contributed by atoms with E-state index in [1.807, 2.05) is 4.90 Å².